The van der Waals surface area contributed by atoms with Gasteiger partial charge in [0.25, 0.3) is 0 Å². The van der Waals surface area contributed by atoms with Gasteiger partial charge in [-0.2, -0.15) is 0 Å². The number of halogens is 1. The number of hydrogen-bond donors (Lipinski definition) is 1. The summed E-state index contributed by atoms with van der Waals surface area (Å²) < 4.78 is 2.88. The van der Waals surface area contributed by atoms with Gasteiger partial charge in [-0.25, -0.2) is 4.79 Å². The maximum Gasteiger partial charge on any atom is 0.352 e. The highest BCUT2D eigenvalue weighted by Crippen LogP contribution is 2.28. The molecule has 1 aliphatic carbocycles. The van der Waals surface area contributed by atoms with E-state index in [0.717, 1.165) is 22.5 Å². The van der Waals surface area contributed by atoms with Crippen LogP contribution in [0, 0.1) is 9.49 Å². The molecule has 0 saturated heterocycles. The topological polar surface area (TPSA) is 42.2 Å². The lowest BCUT2D eigenvalue weighted by Gasteiger charge is -2.10. The molecule has 0 atom stereocenters. The fourth-order valence-electron chi connectivity index (χ4n) is 2.46. The van der Waals surface area contributed by atoms with Crippen LogP contribution in [0.25, 0.3) is 0 Å². The van der Waals surface area contributed by atoms with Crippen LogP contribution in [0.1, 0.15) is 42.6 Å². The Hall–Kier alpha value is -0.520. The Labute approximate surface area is 109 Å². The third kappa shape index (κ3) is 2.78. The van der Waals surface area contributed by atoms with Crippen LogP contribution >= 0.6 is 22.6 Å². The number of carboxylic acid groups (broad SMARTS) is 1. The van der Waals surface area contributed by atoms with E-state index in [1.165, 1.54) is 25.7 Å². The molecule has 1 heterocycles. The van der Waals surface area contributed by atoms with Gasteiger partial charge in [0, 0.05) is 16.3 Å². The van der Waals surface area contributed by atoms with Crippen molar-refractivity contribution in [1.29, 1.82) is 0 Å². The molecule has 16 heavy (non-hydrogen) atoms. The van der Waals surface area contributed by atoms with Gasteiger partial charge >= 0.3 is 5.97 Å². The fraction of sp³-hybridized carbons (Fsp3) is 0.583. The van der Waals surface area contributed by atoms with Crippen LogP contribution in [0.4, 0.5) is 0 Å². The third-order valence-corrected chi connectivity index (χ3v) is 3.93. The molecule has 1 fully saturated rings. The Morgan fingerprint density at radius 1 is 1.50 bits per heavy atom. The molecule has 1 saturated carbocycles. The number of aromatic nitrogens is 1. The van der Waals surface area contributed by atoms with Crippen LogP contribution in [0.3, 0.4) is 0 Å². The first kappa shape index (κ1) is 12.0. The van der Waals surface area contributed by atoms with E-state index in [4.69, 9.17) is 5.11 Å². The molecule has 0 amide bonds. The summed E-state index contributed by atoms with van der Waals surface area (Å²) in [5.74, 6) is -0.0176. The Morgan fingerprint density at radius 2 is 2.19 bits per heavy atom. The van der Waals surface area contributed by atoms with Gasteiger partial charge in [0.15, 0.2) is 0 Å². The quantitative estimate of drug-likeness (QED) is 0.859. The van der Waals surface area contributed by atoms with E-state index < -0.39 is 5.97 Å². The zero-order valence-corrected chi connectivity index (χ0v) is 11.3. The van der Waals surface area contributed by atoms with E-state index in [-0.39, 0.29) is 0 Å². The van der Waals surface area contributed by atoms with Crippen molar-refractivity contribution in [2.75, 3.05) is 0 Å². The fourth-order valence-corrected chi connectivity index (χ4v) is 3.09. The van der Waals surface area contributed by atoms with E-state index in [9.17, 15) is 4.79 Å². The standard InChI is InChI=1S/C12H16INO2/c13-10-7-11(12(15)16)14(8-10)6-5-9-3-1-2-4-9/h7-9H,1-6H2,(H,15,16). The molecule has 3 nitrogen and oxygen atoms in total. The zero-order valence-electron chi connectivity index (χ0n) is 9.16. The Bertz CT molecular complexity index is 380. The van der Waals surface area contributed by atoms with Crippen LogP contribution in [-0.4, -0.2) is 15.6 Å². The Morgan fingerprint density at radius 3 is 2.81 bits per heavy atom. The van der Waals surface area contributed by atoms with Crippen molar-refractivity contribution < 1.29 is 9.90 Å². The monoisotopic (exact) mass is 333 g/mol. The van der Waals surface area contributed by atoms with Crippen LogP contribution in [0.2, 0.25) is 0 Å². The molecule has 0 unspecified atom stereocenters. The van der Waals surface area contributed by atoms with Gasteiger partial charge in [0.2, 0.25) is 0 Å². The second-order valence-corrected chi connectivity index (χ2v) is 5.73. The van der Waals surface area contributed by atoms with E-state index in [1.807, 2.05) is 10.8 Å². The molecule has 0 bridgehead atoms. The first-order valence-electron chi connectivity index (χ1n) is 5.76. The van der Waals surface area contributed by atoms with Gasteiger partial charge in [-0.3, -0.25) is 0 Å². The molecule has 0 aromatic carbocycles. The SMILES string of the molecule is O=C(O)c1cc(I)cn1CCC1CCCC1. The van der Waals surface area contributed by atoms with E-state index >= 15 is 0 Å². The molecule has 1 N–H and O–H groups in total. The average Bonchev–Trinajstić information content (AvgIpc) is 2.83. The maximum absolute atomic E-state index is 11.0. The number of carbonyl (C=O) groups is 1. The molecule has 0 aliphatic heterocycles. The second-order valence-electron chi connectivity index (χ2n) is 4.48. The average molecular weight is 333 g/mol. The van der Waals surface area contributed by atoms with Crippen molar-refractivity contribution >= 4 is 28.6 Å². The van der Waals surface area contributed by atoms with E-state index in [2.05, 4.69) is 22.6 Å². The van der Waals surface area contributed by atoms with Crippen molar-refractivity contribution in [3.63, 3.8) is 0 Å². The third-order valence-electron chi connectivity index (χ3n) is 3.34. The molecule has 0 spiro atoms. The van der Waals surface area contributed by atoms with E-state index in [1.54, 1.807) is 6.07 Å². The maximum atomic E-state index is 11.0. The Balaban J connectivity index is 1.99. The molecule has 2 rings (SSSR count). The van der Waals surface area contributed by atoms with Crippen molar-refractivity contribution in [2.24, 2.45) is 5.92 Å². The molecule has 88 valence electrons. The van der Waals surface area contributed by atoms with Gasteiger partial charge in [0.1, 0.15) is 5.69 Å². The molecule has 1 aliphatic rings. The van der Waals surface area contributed by atoms with Crippen LogP contribution in [0.5, 0.6) is 0 Å². The Kier molecular flexibility index (Phi) is 3.89. The summed E-state index contributed by atoms with van der Waals surface area (Å²) in [6.45, 7) is 0.843. The number of hydrogen-bond acceptors (Lipinski definition) is 1. The van der Waals surface area contributed by atoms with Gasteiger partial charge in [-0.05, 0) is 41.0 Å². The summed E-state index contributed by atoms with van der Waals surface area (Å²) in [4.78, 5) is 11.0. The summed E-state index contributed by atoms with van der Waals surface area (Å²) >= 11 is 2.16. The minimum Gasteiger partial charge on any atom is -0.477 e. The first-order valence-corrected chi connectivity index (χ1v) is 6.83. The smallest absolute Gasteiger partial charge is 0.352 e. The predicted molar refractivity (Wildman–Crippen MR) is 70.7 cm³/mol. The minimum absolute atomic E-state index is 0.419. The van der Waals surface area contributed by atoms with E-state index in [0.29, 0.717) is 5.69 Å². The molecule has 1 aromatic heterocycles. The highest BCUT2D eigenvalue weighted by Gasteiger charge is 2.16. The van der Waals surface area contributed by atoms with Crippen molar-refractivity contribution in [3.05, 3.63) is 21.5 Å². The summed E-state index contributed by atoms with van der Waals surface area (Å²) in [5.41, 5.74) is 0.419. The normalized spacial score (nSPS) is 16.8. The van der Waals surface area contributed by atoms with Crippen LogP contribution in [0.15, 0.2) is 12.3 Å². The molecular formula is C12H16INO2. The van der Waals surface area contributed by atoms with Crippen molar-refractivity contribution in [1.82, 2.24) is 4.57 Å². The largest absolute Gasteiger partial charge is 0.477 e. The number of aromatic carboxylic acids is 1. The first-order chi connectivity index (χ1) is 7.66. The predicted octanol–water partition coefficient (Wildman–Crippen LogP) is 3.37. The van der Waals surface area contributed by atoms with Crippen molar-refractivity contribution in [3.8, 4) is 0 Å². The number of carboxylic acids is 1. The van der Waals surface area contributed by atoms with Crippen molar-refractivity contribution in [2.45, 2.75) is 38.6 Å². The summed E-state index contributed by atoms with van der Waals surface area (Å²) in [7, 11) is 0. The summed E-state index contributed by atoms with van der Waals surface area (Å²) in [6, 6.07) is 1.73. The van der Waals surface area contributed by atoms with Gasteiger partial charge < -0.3 is 9.67 Å². The lowest BCUT2D eigenvalue weighted by Crippen LogP contribution is -2.09. The summed E-state index contributed by atoms with van der Waals surface area (Å²) in [5, 5.41) is 9.05. The summed E-state index contributed by atoms with van der Waals surface area (Å²) in [6.07, 6.45) is 8.38. The van der Waals surface area contributed by atoms with Gasteiger partial charge in [-0.1, -0.05) is 25.7 Å². The molecule has 1 aromatic rings. The number of rotatable bonds is 4. The number of aryl methyl sites for hydroxylation is 1. The molecule has 4 heteroatoms. The van der Waals surface area contributed by atoms with Crippen LogP contribution in [-0.2, 0) is 6.54 Å². The second kappa shape index (κ2) is 5.21. The highest BCUT2D eigenvalue weighted by atomic mass is 127. The zero-order chi connectivity index (χ0) is 11.5. The number of nitrogens with zero attached hydrogens (tertiary/aromatic N) is 1. The van der Waals surface area contributed by atoms with Gasteiger partial charge in [0.05, 0.1) is 0 Å². The minimum atomic E-state index is -0.825. The lowest BCUT2D eigenvalue weighted by molar-refractivity contribution is 0.0684. The van der Waals surface area contributed by atoms with Crippen LogP contribution < -0.4 is 0 Å². The molecule has 0 radical (unpaired) electrons. The molecular weight excluding hydrogens is 317 g/mol. The highest BCUT2D eigenvalue weighted by molar-refractivity contribution is 14.1. The lowest BCUT2D eigenvalue weighted by atomic mass is 10.0. The van der Waals surface area contributed by atoms with Gasteiger partial charge in [-0.15, -0.1) is 0 Å².